The van der Waals surface area contributed by atoms with Crippen molar-refractivity contribution in [3.8, 4) is 0 Å². The maximum atomic E-state index is 12.2. The van der Waals surface area contributed by atoms with Gasteiger partial charge in [-0.25, -0.2) is 9.97 Å². The van der Waals surface area contributed by atoms with Gasteiger partial charge in [0.1, 0.15) is 11.6 Å². The number of piperidine rings is 1. The van der Waals surface area contributed by atoms with Gasteiger partial charge in [0.15, 0.2) is 0 Å². The predicted molar refractivity (Wildman–Crippen MR) is 91.5 cm³/mol. The van der Waals surface area contributed by atoms with Crippen LogP contribution in [-0.4, -0.2) is 35.0 Å². The van der Waals surface area contributed by atoms with Crippen molar-refractivity contribution in [1.29, 1.82) is 0 Å². The number of hydrogen-bond donors (Lipinski definition) is 1. The Bertz CT molecular complexity index is 526. The number of nitrogens with zero attached hydrogens (tertiary/aromatic N) is 3. The molecular formula is C18H28N4O. The van der Waals surface area contributed by atoms with Crippen molar-refractivity contribution in [2.75, 3.05) is 18.0 Å². The molecule has 0 aromatic carbocycles. The summed E-state index contributed by atoms with van der Waals surface area (Å²) in [4.78, 5) is 23.3. The van der Waals surface area contributed by atoms with Gasteiger partial charge in [0.25, 0.3) is 0 Å². The Morgan fingerprint density at radius 2 is 1.87 bits per heavy atom. The molecule has 23 heavy (non-hydrogen) atoms. The molecule has 126 valence electrons. The molecule has 0 spiro atoms. The van der Waals surface area contributed by atoms with E-state index in [1.54, 1.807) is 0 Å². The second kappa shape index (κ2) is 7.28. The van der Waals surface area contributed by atoms with Crippen molar-refractivity contribution in [2.45, 2.75) is 64.8 Å². The third-order valence-corrected chi connectivity index (χ3v) is 5.09. The third kappa shape index (κ3) is 4.43. The Morgan fingerprint density at radius 3 is 2.52 bits per heavy atom. The monoisotopic (exact) mass is 316 g/mol. The van der Waals surface area contributed by atoms with E-state index in [-0.39, 0.29) is 5.91 Å². The van der Waals surface area contributed by atoms with Crippen molar-refractivity contribution >= 4 is 11.7 Å². The lowest BCUT2D eigenvalue weighted by Crippen LogP contribution is -2.45. The Kier molecular flexibility index (Phi) is 5.13. The van der Waals surface area contributed by atoms with Gasteiger partial charge < -0.3 is 10.2 Å². The maximum Gasteiger partial charge on any atom is 0.220 e. The lowest BCUT2D eigenvalue weighted by molar-refractivity contribution is -0.122. The average Bonchev–Trinajstić information content (AvgIpc) is 2.99. The first-order chi connectivity index (χ1) is 11.1. The normalized spacial score (nSPS) is 20.0. The molecule has 2 heterocycles. The molecule has 0 unspecified atom stereocenters. The van der Waals surface area contributed by atoms with Gasteiger partial charge in [0.2, 0.25) is 5.91 Å². The third-order valence-electron chi connectivity index (χ3n) is 5.09. The number of carbonyl (C=O) groups excluding carboxylic acids is 1. The van der Waals surface area contributed by atoms with Crippen molar-refractivity contribution in [1.82, 2.24) is 15.3 Å². The molecule has 3 rings (SSSR count). The Labute approximate surface area is 138 Å². The van der Waals surface area contributed by atoms with Gasteiger partial charge in [0.05, 0.1) is 0 Å². The van der Waals surface area contributed by atoms with Crippen LogP contribution in [0.2, 0.25) is 0 Å². The summed E-state index contributed by atoms with van der Waals surface area (Å²) in [5.74, 6) is 2.73. The molecule has 1 aliphatic carbocycles. The van der Waals surface area contributed by atoms with Gasteiger partial charge in [0, 0.05) is 37.3 Å². The van der Waals surface area contributed by atoms with Crippen molar-refractivity contribution in [2.24, 2.45) is 5.92 Å². The van der Waals surface area contributed by atoms with Crippen molar-refractivity contribution in [3.05, 3.63) is 17.6 Å². The summed E-state index contributed by atoms with van der Waals surface area (Å²) in [6.45, 7) is 5.84. The van der Waals surface area contributed by atoms with Crippen LogP contribution in [0.3, 0.4) is 0 Å². The molecule has 1 N–H and O–H groups in total. The molecule has 1 amide bonds. The maximum absolute atomic E-state index is 12.2. The first-order valence-corrected chi connectivity index (χ1v) is 8.97. The minimum atomic E-state index is 0.254. The largest absolute Gasteiger partial charge is 0.356 e. The van der Waals surface area contributed by atoms with E-state index in [0.29, 0.717) is 12.0 Å². The van der Waals surface area contributed by atoms with Crippen LogP contribution < -0.4 is 10.2 Å². The molecule has 2 fully saturated rings. The zero-order valence-electron chi connectivity index (χ0n) is 14.3. The summed E-state index contributed by atoms with van der Waals surface area (Å²) in [6.07, 6.45) is 7.79. The van der Waals surface area contributed by atoms with E-state index in [1.807, 2.05) is 19.9 Å². The number of amides is 1. The number of carbonyl (C=O) groups is 1. The van der Waals surface area contributed by atoms with E-state index in [4.69, 9.17) is 0 Å². The SMILES string of the molecule is Cc1cc(N2CCC(NC(=O)CC3CCCC3)CC2)nc(C)n1. The fourth-order valence-electron chi connectivity index (χ4n) is 3.88. The Morgan fingerprint density at radius 1 is 1.17 bits per heavy atom. The molecule has 1 aromatic heterocycles. The highest BCUT2D eigenvalue weighted by Gasteiger charge is 2.24. The summed E-state index contributed by atoms with van der Waals surface area (Å²) in [5, 5.41) is 3.24. The second-order valence-electron chi connectivity index (χ2n) is 7.10. The van der Waals surface area contributed by atoms with E-state index in [1.165, 1.54) is 25.7 Å². The fourth-order valence-corrected chi connectivity index (χ4v) is 3.88. The number of aromatic nitrogens is 2. The van der Waals surface area contributed by atoms with Gasteiger partial charge in [-0.1, -0.05) is 12.8 Å². The predicted octanol–water partition coefficient (Wildman–Crippen LogP) is 2.76. The molecule has 1 saturated carbocycles. The number of aryl methyl sites for hydroxylation is 2. The van der Waals surface area contributed by atoms with Crippen LogP contribution in [-0.2, 0) is 4.79 Å². The lowest BCUT2D eigenvalue weighted by atomic mass is 10.0. The molecule has 5 nitrogen and oxygen atoms in total. The minimum absolute atomic E-state index is 0.254. The lowest BCUT2D eigenvalue weighted by Gasteiger charge is -2.33. The highest BCUT2D eigenvalue weighted by molar-refractivity contribution is 5.76. The zero-order chi connectivity index (χ0) is 16.2. The Hall–Kier alpha value is -1.65. The van der Waals surface area contributed by atoms with Crippen LogP contribution in [0, 0.1) is 19.8 Å². The molecule has 0 bridgehead atoms. The first-order valence-electron chi connectivity index (χ1n) is 8.97. The highest BCUT2D eigenvalue weighted by atomic mass is 16.1. The van der Waals surface area contributed by atoms with Crippen LogP contribution >= 0.6 is 0 Å². The van der Waals surface area contributed by atoms with Crippen LogP contribution in [0.15, 0.2) is 6.07 Å². The van der Waals surface area contributed by atoms with E-state index in [0.717, 1.165) is 49.7 Å². The molecule has 0 atom stereocenters. The Balaban J connectivity index is 1.47. The zero-order valence-corrected chi connectivity index (χ0v) is 14.3. The number of rotatable bonds is 4. The average molecular weight is 316 g/mol. The molecule has 1 saturated heterocycles. The molecule has 1 aliphatic heterocycles. The van der Waals surface area contributed by atoms with Crippen LogP contribution in [0.5, 0.6) is 0 Å². The van der Waals surface area contributed by atoms with E-state index < -0.39 is 0 Å². The second-order valence-corrected chi connectivity index (χ2v) is 7.10. The van der Waals surface area contributed by atoms with Gasteiger partial charge in [-0.15, -0.1) is 0 Å². The van der Waals surface area contributed by atoms with Gasteiger partial charge >= 0.3 is 0 Å². The quantitative estimate of drug-likeness (QED) is 0.928. The topological polar surface area (TPSA) is 58.1 Å². The molecular weight excluding hydrogens is 288 g/mol. The van der Waals surface area contributed by atoms with Gasteiger partial charge in [-0.3, -0.25) is 4.79 Å². The van der Waals surface area contributed by atoms with Crippen LogP contribution in [0.4, 0.5) is 5.82 Å². The summed E-state index contributed by atoms with van der Waals surface area (Å²) in [7, 11) is 0. The standard InChI is InChI=1S/C18H28N4O/c1-13-11-17(20-14(2)19-13)22-9-7-16(8-10-22)21-18(23)12-15-5-3-4-6-15/h11,15-16H,3-10,12H2,1-2H3,(H,21,23). The van der Waals surface area contributed by atoms with E-state index in [2.05, 4.69) is 20.2 Å². The summed E-state index contributed by atoms with van der Waals surface area (Å²) in [5.41, 5.74) is 1.01. The molecule has 2 aliphatic rings. The molecule has 5 heteroatoms. The minimum Gasteiger partial charge on any atom is -0.356 e. The highest BCUT2D eigenvalue weighted by Crippen LogP contribution is 2.27. The van der Waals surface area contributed by atoms with Crippen LogP contribution in [0.1, 0.15) is 56.5 Å². The number of nitrogens with one attached hydrogen (secondary N) is 1. The smallest absolute Gasteiger partial charge is 0.220 e. The summed E-state index contributed by atoms with van der Waals surface area (Å²) in [6, 6.07) is 2.37. The van der Waals surface area contributed by atoms with E-state index in [9.17, 15) is 4.79 Å². The summed E-state index contributed by atoms with van der Waals surface area (Å²) < 4.78 is 0. The van der Waals surface area contributed by atoms with Crippen molar-refractivity contribution < 1.29 is 4.79 Å². The molecule has 0 radical (unpaired) electrons. The van der Waals surface area contributed by atoms with E-state index >= 15 is 0 Å². The molecule has 1 aromatic rings. The number of anilines is 1. The fraction of sp³-hybridized carbons (Fsp3) is 0.722. The van der Waals surface area contributed by atoms with Gasteiger partial charge in [-0.05, 0) is 45.4 Å². The number of hydrogen-bond acceptors (Lipinski definition) is 4. The van der Waals surface area contributed by atoms with Crippen LogP contribution in [0.25, 0.3) is 0 Å². The van der Waals surface area contributed by atoms with Crippen molar-refractivity contribution in [3.63, 3.8) is 0 Å². The van der Waals surface area contributed by atoms with Gasteiger partial charge in [-0.2, -0.15) is 0 Å². The first kappa shape index (κ1) is 16.2. The summed E-state index contributed by atoms with van der Waals surface area (Å²) >= 11 is 0.